The normalized spacial score (nSPS) is 14.4. The summed E-state index contributed by atoms with van der Waals surface area (Å²) < 4.78 is 5.10. The van der Waals surface area contributed by atoms with E-state index in [1.807, 2.05) is 0 Å². The Morgan fingerprint density at radius 2 is 2.10 bits per heavy atom. The molecule has 0 saturated heterocycles. The van der Waals surface area contributed by atoms with E-state index in [1.165, 1.54) is 0 Å². The summed E-state index contributed by atoms with van der Waals surface area (Å²) in [6.07, 6.45) is 3.44. The van der Waals surface area contributed by atoms with E-state index in [-0.39, 0.29) is 6.42 Å². The maximum absolute atomic E-state index is 11.9. The molecule has 1 aromatic rings. The molecular formula is C14H20N2O4. The molecule has 0 aromatic carbocycles. The highest BCUT2D eigenvalue weighted by atomic mass is 16.6. The molecule has 3 N–H and O–H groups in total. The van der Waals surface area contributed by atoms with Crippen LogP contribution in [0.15, 0.2) is 24.5 Å². The lowest BCUT2D eigenvalue weighted by Crippen LogP contribution is -2.45. The SMILES string of the molecule is CC(C)(C)OC(=O)[C@@H](C(=O)O)[C@H](N)Cc1cccnc1. The molecule has 0 spiro atoms. The third kappa shape index (κ3) is 4.97. The second-order valence-electron chi connectivity index (χ2n) is 5.58. The standard InChI is InChI=1S/C14H20N2O4/c1-14(2,3)20-13(19)11(12(17)18)10(15)7-9-5-4-6-16-8-9/h4-6,8,10-11H,7,15H2,1-3H3,(H,17,18)/t10-,11-/m1/s1. The molecule has 0 aliphatic rings. The highest BCUT2D eigenvalue weighted by Gasteiger charge is 2.36. The van der Waals surface area contributed by atoms with Gasteiger partial charge in [-0.2, -0.15) is 0 Å². The van der Waals surface area contributed by atoms with Gasteiger partial charge in [0, 0.05) is 18.4 Å². The molecule has 0 amide bonds. The van der Waals surface area contributed by atoms with Crippen LogP contribution in [0, 0.1) is 5.92 Å². The quantitative estimate of drug-likeness (QED) is 0.616. The maximum Gasteiger partial charge on any atom is 0.322 e. The van der Waals surface area contributed by atoms with E-state index in [1.54, 1.807) is 45.3 Å². The minimum atomic E-state index is -1.39. The van der Waals surface area contributed by atoms with Crippen LogP contribution in [0.5, 0.6) is 0 Å². The predicted molar refractivity (Wildman–Crippen MR) is 72.9 cm³/mol. The van der Waals surface area contributed by atoms with Gasteiger partial charge >= 0.3 is 11.9 Å². The van der Waals surface area contributed by atoms with Gasteiger partial charge in [-0.1, -0.05) is 6.07 Å². The largest absolute Gasteiger partial charge is 0.481 e. The van der Waals surface area contributed by atoms with Gasteiger partial charge in [0.2, 0.25) is 0 Å². The fourth-order valence-corrected chi connectivity index (χ4v) is 1.73. The zero-order chi connectivity index (χ0) is 15.3. The van der Waals surface area contributed by atoms with E-state index in [4.69, 9.17) is 10.5 Å². The van der Waals surface area contributed by atoms with Crippen LogP contribution in [-0.4, -0.2) is 33.7 Å². The number of carboxylic acids is 1. The van der Waals surface area contributed by atoms with E-state index >= 15 is 0 Å². The fraction of sp³-hybridized carbons (Fsp3) is 0.500. The Balaban J connectivity index is 2.80. The summed E-state index contributed by atoms with van der Waals surface area (Å²) in [6, 6.07) is 2.64. The predicted octanol–water partition coefficient (Wildman–Crippen LogP) is 0.994. The molecule has 0 radical (unpaired) electrons. The molecule has 6 nitrogen and oxygen atoms in total. The first-order valence-corrected chi connectivity index (χ1v) is 6.31. The van der Waals surface area contributed by atoms with E-state index in [0.29, 0.717) is 0 Å². The Hall–Kier alpha value is -1.95. The van der Waals surface area contributed by atoms with Crippen molar-refractivity contribution >= 4 is 11.9 Å². The topological polar surface area (TPSA) is 103 Å². The van der Waals surface area contributed by atoms with Crippen LogP contribution in [0.25, 0.3) is 0 Å². The van der Waals surface area contributed by atoms with Gasteiger partial charge in [0.25, 0.3) is 0 Å². The second-order valence-corrected chi connectivity index (χ2v) is 5.58. The molecule has 0 bridgehead atoms. The summed E-state index contributed by atoms with van der Waals surface area (Å²) >= 11 is 0. The molecule has 1 aromatic heterocycles. The number of esters is 1. The van der Waals surface area contributed by atoms with E-state index in [9.17, 15) is 14.7 Å². The summed E-state index contributed by atoms with van der Waals surface area (Å²) in [5.41, 5.74) is 5.88. The van der Waals surface area contributed by atoms with Crippen LogP contribution in [-0.2, 0) is 20.7 Å². The number of ether oxygens (including phenoxy) is 1. The molecule has 110 valence electrons. The van der Waals surface area contributed by atoms with E-state index < -0.39 is 29.5 Å². The summed E-state index contributed by atoms with van der Waals surface area (Å²) in [4.78, 5) is 27.1. The summed E-state index contributed by atoms with van der Waals surface area (Å²) in [6.45, 7) is 5.03. The van der Waals surface area contributed by atoms with E-state index in [2.05, 4.69) is 4.98 Å². The van der Waals surface area contributed by atoms with Gasteiger partial charge in [0.1, 0.15) is 5.60 Å². The lowest BCUT2D eigenvalue weighted by molar-refractivity contribution is -0.167. The second kappa shape index (κ2) is 6.47. The number of rotatable bonds is 5. The van der Waals surface area contributed by atoms with Crippen LogP contribution in [0.1, 0.15) is 26.3 Å². The number of hydrogen-bond acceptors (Lipinski definition) is 5. The summed E-state index contributed by atoms with van der Waals surface area (Å²) in [5, 5.41) is 9.19. The van der Waals surface area contributed by atoms with Gasteiger partial charge in [-0.3, -0.25) is 14.6 Å². The van der Waals surface area contributed by atoms with Gasteiger partial charge in [-0.05, 0) is 38.8 Å². The minimum Gasteiger partial charge on any atom is -0.481 e. The highest BCUT2D eigenvalue weighted by molar-refractivity contribution is 5.95. The molecule has 6 heteroatoms. The molecule has 20 heavy (non-hydrogen) atoms. The highest BCUT2D eigenvalue weighted by Crippen LogP contribution is 2.16. The molecule has 1 heterocycles. The van der Waals surface area contributed by atoms with Crippen molar-refractivity contribution in [2.75, 3.05) is 0 Å². The van der Waals surface area contributed by atoms with Crippen molar-refractivity contribution in [2.45, 2.75) is 38.8 Å². The first-order chi connectivity index (χ1) is 9.20. The third-order valence-corrected chi connectivity index (χ3v) is 2.55. The van der Waals surface area contributed by atoms with Gasteiger partial charge in [0.15, 0.2) is 5.92 Å². The Kier molecular flexibility index (Phi) is 5.21. The monoisotopic (exact) mass is 280 g/mol. The number of carbonyl (C=O) groups excluding carboxylic acids is 1. The molecule has 0 saturated carbocycles. The summed E-state index contributed by atoms with van der Waals surface area (Å²) in [7, 11) is 0. The number of pyridine rings is 1. The molecule has 1 rings (SSSR count). The molecule has 0 fully saturated rings. The van der Waals surface area contributed by atoms with Crippen molar-refractivity contribution in [3.8, 4) is 0 Å². The van der Waals surface area contributed by atoms with Crippen molar-refractivity contribution in [3.05, 3.63) is 30.1 Å². The van der Waals surface area contributed by atoms with Crippen LogP contribution in [0.4, 0.5) is 0 Å². The first kappa shape index (κ1) is 16.1. The summed E-state index contributed by atoms with van der Waals surface area (Å²) in [5.74, 6) is -3.49. The Bertz CT molecular complexity index is 468. The number of nitrogens with two attached hydrogens (primary N) is 1. The van der Waals surface area contributed by atoms with Gasteiger partial charge in [0.05, 0.1) is 0 Å². The maximum atomic E-state index is 11.9. The average molecular weight is 280 g/mol. The number of carboxylic acid groups (broad SMARTS) is 1. The molecule has 0 unspecified atom stereocenters. The van der Waals surface area contributed by atoms with Crippen LogP contribution < -0.4 is 5.73 Å². The van der Waals surface area contributed by atoms with E-state index in [0.717, 1.165) is 5.56 Å². The van der Waals surface area contributed by atoms with Gasteiger partial charge in [-0.25, -0.2) is 0 Å². The number of carbonyl (C=O) groups is 2. The van der Waals surface area contributed by atoms with Crippen molar-refractivity contribution < 1.29 is 19.4 Å². The number of hydrogen-bond donors (Lipinski definition) is 2. The van der Waals surface area contributed by atoms with Crippen molar-refractivity contribution in [1.82, 2.24) is 4.98 Å². The van der Waals surface area contributed by atoms with Crippen molar-refractivity contribution in [3.63, 3.8) is 0 Å². The van der Waals surface area contributed by atoms with Crippen LogP contribution >= 0.6 is 0 Å². The molecule has 2 atom stereocenters. The van der Waals surface area contributed by atoms with Crippen molar-refractivity contribution in [2.24, 2.45) is 11.7 Å². The van der Waals surface area contributed by atoms with Crippen LogP contribution in [0.2, 0.25) is 0 Å². The first-order valence-electron chi connectivity index (χ1n) is 6.31. The third-order valence-electron chi connectivity index (χ3n) is 2.55. The number of nitrogens with zero attached hydrogens (tertiary/aromatic N) is 1. The fourth-order valence-electron chi connectivity index (χ4n) is 1.73. The lowest BCUT2D eigenvalue weighted by atomic mass is 9.94. The number of aromatic nitrogens is 1. The Morgan fingerprint density at radius 1 is 1.45 bits per heavy atom. The zero-order valence-electron chi connectivity index (χ0n) is 11.9. The van der Waals surface area contributed by atoms with Gasteiger partial charge in [-0.15, -0.1) is 0 Å². The minimum absolute atomic E-state index is 0.240. The number of aliphatic carboxylic acids is 1. The Labute approximate surface area is 118 Å². The molecular weight excluding hydrogens is 260 g/mol. The van der Waals surface area contributed by atoms with Crippen molar-refractivity contribution in [1.29, 1.82) is 0 Å². The smallest absolute Gasteiger partial charge is 0.322 e. The van der Waals surface area contributed by atoms with Gasteiger partial charge < -0.3 is 15.6 Å². The zero-order valence-corrected chi connectivity index (χ0v) is 11.9. The van der Waals surface area contributed by atoms with Crippen LogP contribution in [0.3, 0.4) is 0 Å². The average Bonchev–Trinajstić information content (AvgIpc) is 2.26. The Morgan fingerprint density at radius 3 is 2.55 bits per heavy atom. The molecule has 0 aliphatic heterocycles. The lowest BCUT2D eigenvalue weighted by Gasteiger charge is -2.25. The molecule has 0 aliphatic carbocycles.